The van der Waals surface area contributed by atoms with E-state index in [1.807, 2.05) is 13.2 Å². The summed E-state index contributed by atoms with van der Waals surface area (Å²) in [6.45, 7) is 2.77. The Bertz CT molecular complexity index is 58.7. The summed E-state index contributed by atoms with van der Waals surface area (Å²) in [6, 6.07) is 0. The van der Waals surface area contributed by atoms with Crippen molar-refractivity contribution in [2.24, 2.45) is 0 Å². The van der Waals surface area contributed by atoms with Gasteiger partial charge in [-0.1, -0.05) is 0 Å². The molecule has 0 saturated carbocycles. The van der Waals surface area contributed by atoms with Gasteiger partial charge in [-0.3, -0.25) is 0 Å². The van der Waals surface area contributed by atoms with E-state index in [1.54, 1.807) is 0 Å². The maximum Gasteiger partial charge on any atom is 0.311 e. The zero-order valence-corrected chi connectivity index (χ0v) is 5.33. The summed E-state index contributed by atoms with van der Waals surface area (Å²) in [5.74, 6) is 0. The van der Waals surface area contributed by atoms with Crippen molar-refractivity contribution < 1.29 is 8.37 Å². The molecule has 7 heavy (non-hydrogen) atoms. The molecule has 1 fully saturated rings. The highest BCUT2D eigenvalue weighted by Gasteiger charge is 2.29. The molecule has 1 aliphatic rings. The van der Waals surface area contributed by atoms with Gasteiger partial charge < -0.3 is 0 Å². The Hall–Kier alpha value is 0.270. The second-order valence-electron chi connectivity index (χ2n) is 1.59. The lowest BCUT2D eigenvalue weighted by Crippen LogP contribution is -2.01. The lowest BCUT2D eigenvalue weighted by Gasteiger charge is -1.84. The van der Waals surface area contributed by atoms with E-state index in [0.29, 0.717) is 6.10 Å². The molecule has 2 nitrogen and oxygen atoms in total. The predicted molar refractivity (Wildman–Crippen MR) is 29.8 cm³/mol. The third-order valence-corrected chi connectivity index (χ3v) is 1.84. The molecule has 1 rings (SSSR count). The quantitative estimate of drug-likeness (QED) is 0.434. The van der Waals surface area contributed by atoms with E-state index in [4.69, 9.17) is 8.37 Å². The summed E-state index contributed by atoms with van der Waals surface area (Å²) >= 11 is -0.203. The first-order chi connectivity index (χ1) is 3.29. The van der Waals surface area contributed by atoms with Gasteiger partial charge in [0.15, 0.2) is 6.26 Å². The average molecular weight is 121 g/mol. The summed E-state index contributed by atoms with van der Waals surface area (Å²) in [5, 5.41) is 0. The highest BCUT2D eigenvalue weighted by atomic mass is 32.2. The van der Waals surface area contributed by atoms with E-state index in [-0.39, 0.29) is 11.5 Å². The average Bonchev–Trinajstić information content (AvgIpc) is 1.87. The Morgan fingerprint density at radius 3 is 2.57 bits per heavy atom. The molecule has 42 valence electrons. The van der Waals surface area contributed by atoms with Crippen LogP contribution in [0.5, 0.6) is 0 Å². The van der Waals surface area contributed by atoms with Crippen LogP contribution in [0.1, 0.15) is 6.92 Å². The Morgan fingerprint density at radius 2 is 2.43 bits per heavy atom. The molecule has 0 aromatic heterocycles. The van der Waals surface area contributed by atoms with Gasteiger partial charge in [0, 0.05) is 0 Å². The summed E-state index contributed by atoms with van der Waals surface area (Å²) < 4.78 is 10.2. The van der Waals surface area contributed by atoms with Gasteiger partial charge in [0.1, 0.15) is 12.7 Å². The van der Waals surface area contributed by atoms with Gasteiger partial charge in [0.25, 0.3) is 0 Å². The molecule has 0 aromatic carbocycles. The van der Waals surface area contributed by atoms with Crippen molar-refractivity contribution in [3.8, 4) is 0 Å². The topological polar surface area (TPSA) is 18.5 Å². The maximum atomic E-state index is 5.17. The summed E-state index contributed by atoms with van der Waals surface area (Å²) in [4.78, 5) is 0. The standard InChI is InChI=1S/C4H9O2S/c1-4-3-5-7(2)6-4/h4H,3H2,1-2H3/q+1. The minimum absolute atomic E-state index is 0.203. The Morgan fingerprint density at radius 1 is 1.71 bits per heavy atom. The van der Waals surface area contributed by atoms with Gasteiger partial charge in [0.05, 0.1) is 0 Å². The Labute approximate surface area is 46.6 Å². The number of hydrogen-bond donors (Lipinski definition) is 0. The van der Waals surface area contributed by atoms with Crippen LogP contribution in [0.25, 0.3) is 0 Å². The minimum Gasteiger partial charge on any atom is -0.138 e. The third kappa shape index (κ3) is 1.33. The normalized spacial score (nSPS) is 42.0. The fourth-order valence-electron chi connectivity index (χ4n) is 0.479. The predicted octanol–water partition coefficient (Wildman–Crippen LogP) is 0.500. The fourth-order valence-corrected chi connectivity index (χ4v) is 1.44. The second-order valence-corrected chi connectivity index (χ2v) is 2.82. The molecule has 1 heterocycles. The molecular formula is C4H9O2S+. The van der Waals surface area contributed by atoms with Crippen LogP contribution in [0.3, 0.4) is 0 Å². The van der Waals surface area contributed by atoms with Crippen molar-refractivity contribution in [1.82, 2.24) is 0 Å². The van der Waals surface area contributed by atoms with Crippen LogP contribution in [0.2, 0.25) is 0 Å². The number of rotatable bonds is 0. The van der Waals surface area contributed by atoms with E-state index in [1.165, 1.54) is 0 Å². The minimum atomic E-state index is -0.203. The molecule has 0 aromatic rings. The Kier molecular flexibility index (Phi) is 1.57. The molecular weight excluding hydrogens is 112 g/mol. The molecule has 0 bridgehead atoms. The van der Waals surface area contributed by atoms with Gasteiger partial charge in [-0.25, -0.2) is 0 Å². The zero-order valence-electron chi connectivity index (χ0n) is 4.51. The van der Waals surface area contributed by atoms with Crippen LogP contribution in [0.4, 0.5) is 0 Å². The SMILES string of the molecule is CC1CO[S+](C)O1. The molecule has 0 radical (unpaired) electrons. The first-order valence-electron chi connectivity index (χ1n) is 2.25. The van der Waals surface area contributed by atoms with Crippen LogP contribution in [0.15, 0.2) is 0 Å². The molecule has 2 unspecified atom stereocenters. The maximum absolute atomic E-state index is 5.17. The second kappa shape index (κ2) is 2.03. The van der Waals surface area contributed by atoms with Crippen molar-refractivity contribution in [3.63, 3.8) is 0 Å². The largest absolute Gasteiger partial charge is 0.311 e. The Balaban J connectivity index is 2.26. The zero-order chi connectivity index (χ0) is 5.28. The molecule has 3 heteroatoms. The highest BCUT2D eigenvalue weighted by Crippen LogP contribution is 2.11. The smallest absolute Gasteiger partial charge is 0.138 e. The van der Waals surface area contributed by atoms with Crippen LogP contribution in [0, 0.1) is 0 Å². The van der Waals surface area contributed by atoms with Crippen molar-refractivity contribution >= 4 is 11.5 Å². The van der Waals surface area contributed by atoms with Crippen LogP contribution < -0.4 is 0 Å². The van der Waals surface area contributed by atoms with Gasteiger partial charge in [-0.15, -0.1) is 8.37 Å². The number of hydrogen-bond acceptors (Lipinski definition) is 2. The van der Waals surface area contributed by atoms with Crippen molar-refractivity contribution in [2.45, 2.75) is 13.0 Å². The van der Waals surface area contributed by atoms with Gasteiger partial charge >= 0.3 is 11.5 Å². The van der Waals surface area contributed by atoms with Crippen molar-refractivity contribution in [2.75, 3.05) is 12.9 Å². The molecule has 1 aliphatic heterocycles. The van der Waals surface area contributed by atoms with Crippen LogP contribution in [-0.4, -0.2) is 19.0 Å². The van der Waals surface area contributed by atoms with Crippen molar-refractivity contribution in [1.29, 1.82) is 0 Å². The molecule has 0 amide bonds. The van der Waals surface area contributed by atoms with Crippen LogP contribution >= 0.6 is 0 Å². The van der Waals surface area contributed by atoms with E-state index < -0.39 is 0 Å². The lowest BCUT2D eigenvalue weighted by atomic mass is 10.5. The summed E-state index contributed by atoms with van der Waals surface area (Å²) in [6.07, 6.45) is 2.25. The fraction of sp³-hybridized carbons (Fsp3) is 1.00. The summed E-state index contributed by atoms with van der Waals surface area (Å²) in [5.41, 5.74) is 0. The molecule has 0 spiro atoms. The molecule has 1 saturated heterocycles. The van der Waals surface area contributed by atoms with Gasteiger partial charge in [0.2, 0.25) is 0 Å². The molecule has 0 N–H and O–H groups in total. The van der Waals surface area contributed by atoms with Gasteiger partial charge in [-0.2, -0.15) is 0 Å². The van der Waals surface area contributed by atoms with E-state index >= 15 is 0 Å². The van der Waals surface area contributed by atoms with E-state index in [9.17, 15) is 0 Å². The van der Waals surface area contributed by atoms with Crippen molar-refractivity contribution in [3.05, 3.63) is 0 Å². The lowest BCUT2D eigenvalue weighted by molar-refractivity contribution is 0.263. The monoisotopic (exact) mass is 121 g/mol. The van der Waals surface area contributed by atoms with E-state index in [2.05, 4.69) is 0 Å². The van der Waals surface area contributed by atoms with E-state index in [0.717, 1.165) is 6.61 Å². The summed E-state index contributed by atoms with van der Waals surface area (Å²) in [7, 11) is 0. The highest BCUT2D eigenvalue weighted by molar-refractivity contribution is 7.87. The molecule has 2 atom stereocenters. The van der Waals surface area contributed by atoms with Gasteiger partial charge in [-0.05, 0) is 6.92 Å². The first kappa shape index (κ1) is 5.41. The molecule has 0 aliphatic carbocycles. The third-order valence-electron chi connectivity index (χ3n) is 0.768. The first-order valence-corrected chi connectivity index (χ1v) is 3.73. The van der Waals surface area contributed by atoms with Crippen LogP contribution in [-0.2, 0) is 19.8 Å².